The van der Waals surface area contributed by atoms with Crippen molar-refractivity contribution in [3.05, 3.63) is 65.9 Å². The summed E-state index contributed by atoms with van der Waals surface area (Å²) in [7, 11) is -4.05. The zero-order valence-corrected chi connectivity index (χ0v) is 15.7. The first-order chi connectivity index (χ1) is 13.3. The van der Waals surface area contributed by atoms with Crippen molar-refractivity contribution in [1.29, 1.82) is 0 Å². The summed E-state index contributed by atoms with van der Waals surface area (Å²) in [5.41, 5.74) is 0.706. The van der Waals surface area contributed by atoms with Crippen LogP contribution in [0.3, 0.4) is 0 Å². The lowest BCUT2D eigenvalue weighted by Gasteiger charge is -2.12. The van der Waals surface area contributed by atoms with Gasteiger partial charge in [-0.2, -0.15) is 0 Å². The Hall–Kier alpha value is -2.78. The maximum absolute atomic E-state index is 13.2. The molecule has 6 nitrogen and oxygen atoms in total. The quantitative estimate of drug-likeness (QED) is 0.628. The van der Waals surface area contributed by atoms with Gasteiger partial charge in [-0.3, -0.25) is 4.79 Å². The molecule has 2 aromatic carbocycles. The molecule has 1 atom stereocenters. The second-order valence-electron chi connectivity index (χ2n) is 6.20. The van der Waals surface area contributed by atoms with Crippen molar-refractivity contribution in [2.45, 2.75) is 24.3 Å². The lowest BCUT2D eigenvalue weighted by Crippen LogP contribution is -2.32. The molecule has 0 radical (unpaired) electrons. The average Bonchev–Trinajstić information content (AvgIpc) is 3.08. The molecule has 148 valence electrons. The maximum atomic E-state index is 13.2. The fraction of sp³-hybridized carbons (Fsp3) is 0.211. The van der Waals surface area contributed by atoms with Crippen LogP contribution in [0.15, 0.2) is 57.8 Å². The second-order valence-corrected chi connectivity index (χ2v) is 7.97. The van der Waals surface area contributed by atoms with E-state index in [2.05, 4.69) is 10.0 Å². The lowest BCUT2D eigenvalue weighted by atomic mass is 10.2. The van der Waals surface area contributed by atoms with Gasteiger partial charge >= 0.3 is 0 Å². The number of rotatable bonds is 7. The minimum absolute atomic E-state index is 0.131. The first kappa shape index (κ1) is 20.0. The van der Waals surface area contributed by atoms with Crippen LogP contribution in [0.25, 0.3) is 11.0 Å². The standard InChI is InChI=1S/C19H18F2N2O4S/c1-12(18-10-13-4-2-3-5-17(13)27-18)23-19(24)8-9-22-28(25,26)14-6-7-15(20)16(21)11-14/h2-7,10-12,22H,8-9H2,1H3,(H,23,24). The average molecular weight is 408 g/mol. The number of hydrogen-bond acceptors (Lipinski definition) is 4. The number of furan rings is 1. The number of nitrogens with one attached hydrogen (secondary N) is 2. The summed E-state index contributed by atoms with van der Waals surface area (Å²) >= 11 is 0. The Labute approximate surface area is 160 Å². The molecule has 0 saturated carbocycles. The highest BCUT2D eigenvalue weighted by atomic mass is 32.2. The molecule has 0 aliphatic rings. The largest absolute Gasteiger partial charge is 0.459 e. The summed E-state index contributed by atoms with van der Waals surface area (Å²) in [5.74, 6) is -2.21. The van der Waals surface area contributed by atoms with Gasteiger partial charge in [0, 0.05) is 18.4 Å². The molecule has 1 heterocycles. The Balaban J connectivity index is 1.54. The van der Waals surface area contributed by atoms with E-state index in [9.17, 15) is 22.0 Å². The van der Waals surface area contributed by atoms with Crippen molar-refractivity contribution in [1.82, 2.24) is 10.0 Å². The molecule has 9 heteroatoms. The number of carbonyl (C=O) groups excluding carboxylic acids is 1. The van der Waals surface area contributed by atoms with Gasteiger partial charge in [0.1, 0.15) is 11.3 Å². The van der Waals surface area contributed by atoms with Gasteiger partial charge in [0.05, 0.1) is 10.9 Å². The molecule has 2 N–H and O–H groups in total. The molecular weight excluding hydrogens is 390 g/mol. The molecule has 1 unspecified atom stereocenters. The molecule has 1 amide bonds. The van der Waals surface area contributed by atoms with Crippen molar-refractivity contribution in [3.8, 4) is 0 Å². The summed E-state index contributed by atoms with van der Waals surface area (Å²) < 4.78 is 58.1. The van der Waals surface area contributed by atoms with Gasteiger partial charge in [0.15, 0.2) is 11.6 Å². The summed E-state index contributed by atoms with van der Waals surface area (Å²) in [4.78, 5) is 11.7. The zero-order valence-electron chi connectivity index (χ0n) is 14.9. The van der Waals surface area contributed by atoms with Crippen LogP contribution in [0, 0.1) is 11.6 Å². The molecule has 0 spiro atoms. The molecule has 0 fully saturated rings. The topological polar surface area (TPSA) is 88.4 Å². The Bertz CT molecular complexity index is 1080. The van der Waals surface area contributed by atoms with Gasteiger partial charge in [-0.05, 0) is 37.3 Å². The molecule has 0 aliphatic carbocycles. The van der Waals surface area contributed by atoms with Gasteiger partial charge in [-0.15, -0.1) is 0 Å². The molecule has 28 heavy (non-hydrogen) atoms. The molecule has 3 aromatic rings. The van der Waals surface area contributed by atoms with Gasteiger partial charge in [-0.1, -0.05) is 18.2 Å². The van der Waals surface area contributed by atoms with Crippen molar-refractivity contribution >= 4 is 26.9 Å². The third-order valence-electron chi connectivity index (χ3n) is 4.09. The van der Waals surface area contributed by atoms with Crippen LogP contribution in [0.2, 0.25) is 0 Å². The van der Waals surface area contributed by atoms with Crippen LogP contribution >= 0.6 is 0 Å². The number of carbonyl (C=O) groups is 1. The summed E-state index contributed by atoms with van der Waals surface area (Å²) in [5, 5.41) is 3.64. The Morgan fingerprint density at radius 2 is 1.86 bits per heavy atom. The summed E-state index contributed by atoms with van der Waals surface area (Å²) in [6.45, 7) is 1.56. The Morgan fingerprint density at radius 3 is 2.57 bits per heavy atom. The lowest BCUT2D eigenvalue weighted by molar-refractivity contribution is -0.121. The van der Waals surface area contributed by atoms with Crippen LogP contribution in [-0.2, 0) is 14.8 Å². The molecule has 0 saturated heterocycles. The maximum Gasteiger partial charge on any atom is 0.240 e. The number of halogens is 2. The monoisotopic (exact) mass is 408 g/mol. The summed E-state index contributed by atoms with van der Waals surface area (Å²) in [6, 6.07) is 11.1. The first-order valence-corrected chi connectivity index (χ1v) is 9.97. The fourth-order valence-electron chi connectivity index (χ4n) is 2.63. The van der Waals surface area contributed by atoms with E-state index >= 15 is 0 Å². The number of sulfonamides is 1. The van der Waals surface area contributed by atoms with E-state index in [-0.39, 0.29) is 18.9 Å². The SMILES string of the molecule is CC(NC(=O)CCNS(=O)(=O)c1ccc(F)c(F)c1)c1cc2ccccc2o1. The number of amides is 1. The third kappa shape index (κ3) is 4.55. The predicted molar refractivity (Wildman–Crippen MR) is 98.9 cm³/mol. The highest BCUT2D eigenvalue weighted by molar-refractivity contribution is 7.89. The van der Waals surface area contributed by atoms with Crippen LogP contribution in [0.1, 0.15) is 25.1 Å². The zero-order chi connectivity index (χ0) is 20.3. The van der Waals surface area contributed by atoms with Crippen LogP contribution in [0.4, 0.5) is 8.78 Å². The van der Waals surface area contributed by atoms with E-state index in [0.717, 1.165) is 17.5 Å². The highest BCUT2D eigenvalue weighted by Crippen LogP contribution is 2.23. The Morgan fingerprint density at radius 1 is 1.11 bits per heavy atom. The molecule has 1 aromatic heterocycles. The van der Waals surface area contributed by atoms with E-state index in [4.69, 9.17) is 4.42 Å². The second kappa shape index (κ2) is 8.07. The van der Waals surface area contributed by atoms with Crippen LogP contribution < -0.4 is 10.0 Å². The normalized spacial score (nSPS) is 12.8. The van der Waals surface area contributed by atoms with Crippen molar-refractivity contribution < 1.29 is 26.4 Å². The first-order valence-electron chi connectivity index (χ1n) is 8.49. The van der Waals surface area contributed by atoms with Gasteiger partial charge in [-0.25, -0.2) is 21.9 Å². The minimum atomic E-state index is -4.05. The van der Waals surface area contributed by atoms with E-state index in [1.165, 1.54) is 0 Å². The number of hydrogen-bond donors (Lipinski definition) is 2. The third-order valence-corrected chi connectivity index (χ3v) is 5.55. The highest BCUT2D eigenvalue weighted by Gasteiger charge is 2.18. The van der Waals surface area contributed by atoms with Crippen molar-refractivity contribution in [2.24, 2.45) is 0 Å². The number of para-hydroxylation sites is 1. The van der Waals surface area contributed by atoms with Gasteiger partial charge in [0.2, 0.25) is 15.9 Å². The molecular formula is C19H18F2N2O4S. The molecule has 0 bridgehead atoms. The predicted octanol–water partition coefficient (Wildman–Crippen LogP) is 3.26. The van der Waals surface area contributed by atoms with Crippen LogP contribution in [0.5, 0.6) is 0 Å². The van der Waals surface area contributed by atoms with E-state index in [0.29, 0.717) is 17.4 Å². The molecule has 3 rings (SSSR count). The van der Waals surface area contributed by atoms with E-state index in [1.807, 2.05) is 30.3 Å². The van der Waals surface area contributed by atoms with Gasteiger partial charge in [0.25, 0.3) is 0 Å². The molecule has 0 aliphatic heterocycles. The number of fused-ring (bicyclic) bond motifs is 1. The summed E-state index contributed by atoms with van der Waals surface area (Å²) in [6.07, 6.45) is -0.131. The van der Waals surface area contributed by atoms with E-state index in [1.54, 1.807) is 6.92 Å². The smallest absolute Gasteiger partial charge is 0.240 e. The van der Waals surface area contributed by atoms with Gasteiger partial charge < -0.3 is 9.73 Å². The fourth-order valence-corrected chi connectivity index (χ4v) is 3.67. The number of benzene rings is 2. The van der Waals surface area contributed by atoms with Crippen LogP contribution in [-0.4, -0.2) is 20.9 Å². The van der Waals surface area contributed by atoms with Crippen molar-refractivity contribution in [2.75, 3.05) is 6.54 Å². The van der Waals surface area contributed by atoms with E-state index < -0.39 is 32.6 Å². The Kier molecular flexibility index (Phi) is 5.76. The minimum Gasteiger partial charge on any atom is -0.459 e. The van der Waals surface area contributed by atoms with Crippen molar-refractivity contribution in [3.63, 3.8) is 0 Å².